The lowest BCUT2D eigenvalue weighted by Gasteiger charge is -2.27. The van der Waals surface area contributed by atoms with Crippen molar-refractivity contribution in [3.63, 3.8) is 0 Å². The Morgan fingerprint density at radius 2 is 1.93 bits per heavy atom. The summed E-state index contributed by atoms with van der Waals surface area (Å²) in [4.78, 5) is 26.5. The van der Waals surface area contributed by atoms with E-state index in [9.17, 15) is 14.9 Å². The lowest BCUT2D eigenvalue weighted by molar-refractivity contribution is -0.140. The molecular formula is C22H19ClN2O3. The Morgan fingerprint density at radius 3 is 2.61 bits per heavy atom. The van der Waals surface area contributed by atoms with Gasteiger partial charge in [-0.3, -0.25) is 14.5 Å². The number of amides is 2. The highest BCUT2D eigenvalue weighted by Gasteiger charge is 2.35. The highest BCUT2D eigenvalue weighted by Crippen LogP contribution is 2.31. The molecule has 1 aromatic heterocycles. The van der Waals surface area contributed by atoms with Crippen LogP contribution in [0.25, 0.3) is 17.4 Å². The number of halogens is 1. The molecule has 6 heteroatoms. The Morgan fingerprint density at radius 1 is 1.18 bits per heavy atom. The smallest absolute Gasteiger partial charge is 0.271 e. The summed E-state index contributed by atoms with van der Waals surface area (Å²) in [6.07, 6.45) is 3.08. The number of nitriles is 1. The first-order chi connectivity index (χ1) is 13.5. The molecule has 0 spiro atoms. The van der Waals surface area contributed by atoms with Gasteiger partial charge in [0.05, 0.1) is 5.02 Å². The number of carbonyl (C=O) groups is 2. The van der Waals surface area contributed by atoms with E-state index in [1.165, 1.54) is 0 Å². The van der Waals surface area contributed by atoms with Gasteiger partial charge in [-0.05, 0) is 49.3 Å². The van der Waals surface area contributed by atoms with Gasteiger partial charge in [-0.15, -0.1) is 0 Å². The quantitative estimate of drug-likeness (QED) is 0.528. The zero-order valence-corrected chi connectivity index (χ0v) is 16.4. The molecule has 2 heterocycles. The molecule has 3 rings (SSSR count). The third-order valence-electron chi connectivity index (χ3n) is 4.61. The molecule has 5 nitrogen and oxygen atoms in total. The Bertz CT molecular complexity index is 1040. The molecule has 2 amide bonds. The average Bonchev–Trinajstić information content (AvgIpc) is 3.14. The molecule has 0 aliphatic carbocycles. The molecule has 1 aromatic carbocycles. The van der Waals surface area contributed by atoms with Crippen LogP contribution in [0.2, 0.25) is 5.02 Å². The Hall–Kier alpha value is -3.10. The van der Waals surface area contributed by atoms with Gasteiger partial charge in [-0.2, -0.15) is 5.26 Å². The lowest BCUT2D eigenvalue weighted by atomic mass is 9.94. The monoisotopic (exact) mass is 394 g/mol. The Kier molecular flexibility index (Phi) is 5.81. The summed E-state index contributed by atoms with van der Waals surface area (Å²) in [6.45, 7) is 3.86. The van der Waals surface area contributed by atoms with Gasteiger partial charge >= 0.3 is 0 Å². The number of nitrogens with zero attached hydrogens (tertiary/aromatic N) is 2. The van der Waals surface area contributed by atoms with E-state index < -0.39 is 11.8 Å². The van der Waals surface area contributed by atoms with E-state index in [0.717, 1.165) is 16.9 Å². The second-order valence-corrected chi connectivity index (χ2v) is 6.87. The van der Waals surface area contributed by atoms with Crippen LogP contribution in [-0.2, 0) is 9.59 Å². The molecule has 0 saturated heterocycles. The van der Waals surface area contributed by atoms with Gasteiger partial charge in [0.25, 0.3) is 11.8 Å². The molecule has 0 saturated carbocycles. The van der Waals surface area contributed by atoms with E-state index in [1.807, 2.05) is 31.2 Å². The molecule has 28 heavy (non-hydrogen) atoms. The van der Waals surface area contributed by atoms with E-state index in [-0.39, 0.29) is 17.7 Å². The van der Waals surface area contributed by atoms with Crippen molar-refractivity contribution in [3.05, 3.63) is 63.9 Å². The summed E-state index contributed by atoms with van der Waals surface area (Å²) < 4.78 is 5.84. The van der Waals surface area contributed by atoms with Crippen LogP contribution in [-0.4, -0.2) is 23.3 Å². The predicted molar refractivity (Wildman–Crippen MR) is 107 cm³/mol. The first-order valence-electron chi connectivity index (χ1n) is 9.02. The summed E-state index contributed by atoms with van der Waals surface area (Å²) in [5.74, 6) is 0.0684. The van der Waals surface area contributed by atoms with E-state index in [4.69, 9.17) is 16.0 Å². The third kappa shape index (κ3) is 3.64. The van der Waals surface area contributed by atoms with Crippen LogP contribution in [0.4, 0.5) is 0 Å². The standard InChI is InChI=1S/C22H19ClN2O3/c1-3-4-11-25-21(26)17(14(2)18(13-24)22(25)27)12-15-9-10-20(28-15)16-7-5-6-8-19(16)23/h5-10,12H,3-4,11H2,1-2H3/b17-12+. The van der Waals surface area contributed by atoms with Crippen molar-refractivity contribution in [1.82, 2.24) is 4.90 Å². The first kappa shape index (κ1) is 19.7. The summed E-state index contributed by atoms with van der Waals surface area (Å²) in [7, 11) is 0. The maximum absolute atomic E-state index is 12.9. The largest absolute Gasteiger partial charge is 0.457 e. The second-order valence-electron chi connectivity index (χ2n) is 6.47. The van der Waals surface area contributed by atoms with Gasteiger partial charge in [0.2, 0.25) is 0 Å². The van der Waals surface area contributed by atoms with Gasteiger partial charge < -0.3 is 4.42 Å². The van der Waals surface area contributed by atoms with Crippen LogP contribution in [0.1, 0.15) is 32.4 Å². The van der Waals surface area contributed by atoms with Crippen molar-refractivity contribution in [2.45, 2.75) is 26.7 Å². The average molecular weight is 395 g/mol. The van der Waals surface area contributed by atoms with Crippen LogP contribution < -0.4 is 0 Å². The van der Waals surface area contributed by atoms with E-state index in [2.05, 4.69) is 0 Å². The molecule has 0 fully saturated rings. The van der Waals surface area contributed by atoms with E-state index >= 15 is 0 Å². The highest BCUT2D eigenvalue weighted by molar-refractivity contribution is 6.33. The van der Waals surface area contributed by atoms with Crippen LogP contribution in [0.15, 0.2) is 57.5 Å². The maximum atomic E-state index is 12.9. The van der Waals surface area contributed by atoms with Crippen LogP contribution in [0.3, 0.4) is 0 Å². The normalized spacial score (nSPS) is 16.1. The topological polar surface area (TPSA) is 74.3 Å². The summed E-state index contributed by atoms with van der Waals surface area (Å²) >= 11 is 6.21. The number of unbranched alkanes of at least 4 members (excludes halogenated alkanes) is 1. The summed E-state index contributed by atoms with van der Waals surface area (Å²) in [5, 5.41) is 9.96. The molecule has 0 N–H and O–H groups in total. The number of imide groups is 1. The third-order valence-corrected chi connectivity index (χ3v) is 4.94. The molecule has 2 aromatic rings. The predicted octanol–water partition coefficient (Wildman–Crippen LogP) is 4.99. The lowest BCUT2D eigenvalue weighted by Crippen LogP contribution is -2.43. The van der Waals surface area contributed by atoms with Crippen molar-refractivity contribution < 1.29 is 14.0 Å². The molecule has 142 valence electrons. The fourth-order valence-corrected chi connectivity index (χ4v) is 3.26. The maximum Gasteiger partial charge on any atom is 0.271 e. The second kappa shape index (κ2) is 8.28. The zero-order chi connectivity index (χ0) is 20.3. The summed E-state index contributed by atoms with van der Waals surface area (Å²) in [6, 6.07) is 12.7. The fraction of sp³-hybridized carbons (Fsp3) is 0.227. The molecule has 0 unspecified atom stereocenters. The van der Waals surface area contributed by atoms with Crippen LogP contribution in [0, 0.1) is 11.3 Å². The van der Waals surface area contributed by atoms with Crippen molar-refractivity contribution in [2.24, 2.45) is 0 Å². The minimum Gasteiger partial charge on any atom is -0.457 e. The van der Waals surface area contributed by atoms with Crippen LogP contribution in [0.5, 0.6) is 0 Å². The van der Waals surface area contributed by atoms with Crippen molar-refractivity contribution >= 4 is 29.5 Å². The first-order valence-corrected chi connectivity index (χ1v) is 9.39. The number of benzene rings is 1. The van der Waals surface area contributed by atoms with Crippen molar-refractivity contribution in [3.8, 4) is 17.4 Å². The van der Waals surface area contributed by atoms with Crippen LogP contribution >= 0.6 is 11.6 Å². The molecule has 0 bridgehead atoms. The highest BCUT2D eigenvalue weighted by atomic mass is 35.5. The molecule has 1 aliphatic rings. The number of carbonyl (C=O) groups excluding carboxylic acids is 2. The fourth-order valence-electron chi connectivity index (χ4n) is 3.03. The molecule has 1 aliphatic heterocycles. The SMILES string of the molecule is CCCCN1C(=O)C(C#N)=C(C)/C(=C\c2ccc(-c3ccccc3Cl)o2)C1=O. The van der Waals surface area contributed by atoms with Gasteiger partial charge in [-0.25, -0.2) is 0 Å². The van der Waals surface area contributed by atoms with Gasteiger partial charge in [0.1, 0.15) is 23.2 Å². The summed E-state index contributed by atoms with van der Waals surface area (Å²) in [5.41, 5.74) is 1.38. The number of rotatable bonds is 5. The van der Waals surface area contributed by atoms with E-state index in [0.29, 0.717) is 28.5 Å². The molecule has 0 atom stereocenters. The van der Waals surface area contributed by atoms with Gasteiger partial charge in [0, 0.05) is 17.7 Å². The molecule has 0 radical (unpaired) electrons. The van der Waals surface area contributed by atoms with Gasteiger partial charge in [0.15, 0.2) is 0 Å². The minimum absolute atomic E-state index is 0.0140. The minimum atomic E-state index is -0.535. The number of furan rings is 1. The number of hydrogen-bond donors (Lipinski definition) is 0. The Balaban J connectivity index is 2.02. The number of hydrogen-bond acceptors (Lipinski definition) is 4. The zero-order valence-electron chi connectivity index (χ0n) is 15.7. The van der Waals surface area contributed by atoms with Gasteiger partial charge in [-0.1, -0.05) is 37.1 Å². The Labute approximate surface area is 168 Å². The van der Waals surface area contributed by atoms with E-state index in [1.54, 1.807) is 31.2 Å². The molecular weight excluding hydrogens is 376 g/mol. The van der Waals surface area contributed by atoms with Crippen molar-refractivity contribution in [1.29, 1.82) is 5.26 Å². The van der Waals surface area contributed by atoms with Crippen molar-refractivity contribution in [2.75, 3.05) is 6.54 Å².